The zero-order valence-electron chi connectivity index (χ0n) is 8.57. The molecule has 0 atom stereocenters. The maximum atomic E-state index is 12.6. The Kier molecular flexibility index (Phi) is 2.97. The lowest BCUT2D eigenvalue weighted by molar-refractivity contribution is -0.142. The first-order valence-electron chi connectivity index (χ1n) is 4.66. The van der Waals surface area contributed by atoms with Gasteiger partial charge in [-0.25, -0.2) is 9.98 Å². The Morgan fingerprint density at radius 2 is 2.18 bits per heavy atom. The van der Waals surface area contributed by atoms with Crippen LogP contribution in [0.5, 0.6) is 5.88 Å². The molecular weight excluding hydrogens is 239 g/mol. The van der Waals surface area contributed by atoms with E-state index in [1.54, 1.807) is 0 Å². The number of halogens is 3. The monoisotopic (exact) mass is 247 g/mol. The third-order valence-electron chi connectivity index (χ3n) is 2.07. The van der Waals surface area contributed by atoms with E-state index in [0.717, 1.165) is 0 Å². The van der Waals surface area contributed by atoms with Gasteiger partial charge in [0.1, 0.15) is 11.7 Å². The largest absolute Gasteiger partial charge is 0.469 e. The van der Waals surface area contributed by atoms with Crippen LogP contribution in [0.2, 0.25) is 0 Å². The lowest BCUT2D eigenvalue weighted by atomic mass is 10.3. The molecule has 1 aliphatic rings. The van der Waals surface area contributed by atoms with Gasteiger partial charge >= 0.3 is 6.18 Å². The van der Waals surface area contributed by atoms with Crippen molar-refractivity contribution in [3.8, 4) is 5.88 Å². The van der Waals surface area contributed by atoms with Gasteiger partial charge in [-0.05, 0) is 6.72 Å². The summed E-state index contributed by atoms with van der Waals surface area (Å²) in [6, 6.07) is 0. The molecule has 1 aromatic heterocycles. The minimum Gasteiger partial charge on any atom is -0.469 e. The number of hydrogen-bond donors (Lipinski definition) is 0. The van der Waals surface area contributed by atoms with Gasteiger partial charge in [0.25, 0.3) is 5.95 Å². The average Bonchev–Trinajstić information content (AvgIpc) is 2.21. The highest BCUT2D eigenvalue weighted by Crippen LogP contribution is 2.36. The van der Waals surface area contributed by atoms with E-state index in [1.807, 2.05) is 0 Å². The first-order valence-corrected chi connectivity index (χ1v) is 4.66. The summed E-state index contributed by atoms with van der Waals surface area (Å²) in [6.45, 7) is 3.64. The van der Waals surface area contributed by atoms with Gasteiger partial charge in [-0.2, -0.15) is 18.2 Å². The Morgan fingerprint density at radius 1 is 1.47 bits per heavy atom. The van der Waals surface area contributed by atoms with Crippen molar-refractivity contribution in [3.05, 3.63) is 11.8 Å². The molecule has 1 aromatic rings. The van der Waals surface area contributed by atoms with Crippen LogP contribution < -0.4 is 4.74 Å². The van der Waals surface area contributed by atoms with Crippen LogP contribution in [0.4, 0.5) is 19.1 Å². The molecule has 1 aliphatic heterocycles. The van der Waals surface area contributed by atoms with Gasteiger partial charge in [0.05, 0.1) is 13.2 Å². The summed E-state index contributed by atoms with van der Waals surface area (Å²) < 4.78 is 47.7. The zero-order chi connectivity index (χ0) is 12.5. The summed E-state index contributed by atoms with van der Waals surface area (Å²) in [4.78, 5) is 10.3. The molecule has 1 fully saturated rings. The van der Waals surface area contributed by atoms with Crippen molar-refractivity contribution in [1.29, 1.82) is 0 Å². The lowest BCUT2D eigenvalue weighted by Crippen LogP contribution is -2.39. The molecule has 0 aliphatic carbocycles. The molecule has 2 rings (SSSR count). The van der Waals surface area contributed by atoms with Gasteiger partial charge in [-0.15, -0.1) is 0 Å². The number of ether oxygens (including phenoxy) is 2. The molecule has 1 saturated heterocycles. The summed E-state index contributed by atoms with van der Waals surface area (Å²) >= 11 is 0. The Hall–Kier alpha value is -1.70. The highest BCUT2D eigenvalue weighted by Gasteiger charge is 2.37. The molecule has 92 valence electrons. The summed E-state index contributed by atoms with van der Waals surface area (Å²) in [5.74, 6) is -0.698. The first-order chi connectivity index (χ1) is 8.00. The number of hydrogen-bond acceptors (Lipinski definition) is 5. The molecule has 0 saturated carbocycles. The highest BCUT2D eigenvalue weighted by atomic mass is 19.4. The van der Waals surface area contributed by atoms with Crippen molar-refractivity contribution in [2.75, 3.05) is 13.2 Å². The number of nitrogens with zero attached hydrogens (tertiary/aromatic N) is 3. The number of aliphatic imine (C=N–C) groups is 1. The van der Waals surface area contributed by atoms with E-state index >= 15 is 0 Å². The van der Waals surface area contributed by atoms with Crippen LogP contribution >= 0.6 is 0 Å². The fraction of sp³-hybridized carbons (Fsp3) is 0.444. The zero-order valence-corrected chi connectivity index (χ0v) is 8.57. The molecule has 0 amide bonds. The van der Waals surface area contributed by atoms with Gasteiger partial charge < -0.3 is 9.47 Å². The molecule has 0 N–H and O–H groups in total. The Labute approximate surface area is 94.3 Å². The van der Waals surface area contributed by atoms with Crippen LogP contribution in [0.3, 0.4) is 0 Å². The quantitative estimate of drug-likeness (QED) is 0.761. The van der Waals surface area contributed by atoms with Crippen molar-refractivity contribution in [2.24, 2.45) is 4.99 Å². The molecule has 0 spiro atoms. The third kappa shape index (κ3) is 2.52. The van der Waals surface area contributed by atoms with Crippen LogP contribution in [0.25, 0.3) is 0 Å². The van der Waals surface area contributed by atoms with Crippen molar-refractivity contribution < 1.29 is 22.6 Å². The van der Waals surface area contributed by atoms with Crippen LogP contribution in [-0.2, 0) is 10.9 Å². The first kappa shape index (κ1) is 11.8. The van der Waals surface area contributed by atoms with Gasteiger partial charge in [0.15, 0.2) is 0 Å². The molecule has 0 unspecified atom stereocenters. The van der Waals surface area contributed by atoms with Crippen LogP contribution in [0.1, 0.15) is 5.56 Å². The van der Waals surface area contributed by atoms with Crippen molar-refractivity contribution in [3.63, 3.8) is 0 Å². The van der Waals surface area contributed by atoms with Crippen molar-refractivity contribution >= 4 is 12.7 Å². The second-order valence-corrected chi connectivity index (χ2v) is 3.32. The van der Waals surface area contributed by atoms with E-state index in [9.17, 15) is 13.2 Å². The predicted molar refractivity (Wildman–Crippen MR) is 51.5 cm³/mol. The Bertz CT molecular complexity index is 432. The maximum absolute atomic E-state index is 12.6. The second kappa shape index (κ2) is 4.28. The van der Waals surface area contributed by atoms with E-state index in [-0.39, 0.29) is 19.2 Å². The molecule has 0 aromatic carbocycles. The Morgan fingerprint density at radius 3 is 2.65 bits per heavy atom. The SMILES string of the molecule is C=Nc1ncc(C(F)(F)F)c(OC2COC2)n1. The summed E-state index contributed by atoms with van der Waals surface area (Å²) in [7, 11) is 0. The van der Waals surface area contributed by atoms with E-state index in [0.29, 0.717) is 6.20 Å². The predicted octanol–water partition coefficient (Wildman–Crippen LogP) is 1.61. The van der Waals surface area contributed by atoms with Crippen molar-refractivity contribution in [2.45, 2.75) is 12.3 Å². The maximum Gasteiger partial charge on any atom is 0.423 e. The molecule has 0 bridgehead atoms. The minimum atomic E-state index is -4.57. The van der Waals surface area contributed by atoms with Gasteiger partial charge in [0, 0.05) is 6.20 Å². The van der Waals surface area contributed by atoms with Crippen LogP contribution in [0.15, 0.2) is 11.2 Å². The minimum absolute atomic E-state index is 0.159. The summed E-state index contributed by atoms with van der Waals surface area (Å²) in [6.07, 6.45) is -4.35. The molecule has 0 radical (unpaired) electrons. The molecule has 8 heteroatoms. The second-order valence-electron chi connectivity index (χ2n) is 3.32. The van der Waals surface area contributed by atoms with Gasteiger partial charge in [-0.1, -0.05) is 0 Å². The van der Waals surface area contributed by atoms with E-state index in [1.165, 1.54) is 0 Å². The summed E-state index contributed by atoms with van der Waals surface area (Å²) in [5, 5.41) is 0. The smallest absolute Gasteiger partial charge is 0.423 e. The van der Waals surface area contributed by atoms with Crippen LogP contribution in [0, 0.1) is 0 Å². The van der Waals surface area contributed by atoms with E-state index in [4.69, 9.17) is 9.47 Å². The standard InChI is InChI=1S/C9H8F3N3O2/c1-13-8-14-2-6(9(10,11)12)7(15-8)17-5-3-16-4-5/h2,5H,1,3-4H2. The van der Waals surface area contributed by atoms with E-state index in [2.05, 4.69) is 21.7 Å². The van der Waals surface area contributed by atoms with Crippen molar-refractivity contribution in [1.82, 2.24) is 9.97 Å². The molecule has 17 heavy (non-hydrogen) atoms. The molecular formula is C9H8F3N3O2. The summed E-state index contributed by atoms with van der Waals surface area (Å²) in [5.41, 5.74) is -1.03. The van der Waals surface area contributed by atoms with Crippen LogP contribution in [-0.4, -0.2) is 36.0 Å². The third-order valence-corrected chi connectivity index (χ3v) is 2.07. The van der Waals surface area contributed by atoms with E-state index < -0.39 is 23.7 Å². The fourth-order valence-electron chi connectivity index (χ4n) is 1.16. The number of rotatable bonds is 3. The topological polar surface area (TPSA) is 56.6 Å². The molecule has 2 heterocycles. The molecule has 5 nitrogen and oxygen atoms in total. The van der Waals surface area contributed by atoms with Gasteiger partial charge in [-0.3, -0.25) is 0 Å². The average molecular weight is 247 g/mol. The van der Waals surface area contributed by atoms with Gasteiger partial charge in [0.2, 0.25) is 5.88 Å². The fourth-order valence-corrected chi connectivity index (χ4v) is 1.16. The lowest BCUT2D eigenvalue weighted by Gasteiger charge is -2.27. The normalized spacial score (nSPS) is 16.4. The highest BCUT2D eigenvalue weighted by molar-refractivity contribution is 5.38. The number of alkyl halides is 3. The Balaban J connectivity index is 2.32. The number of aromatic nitrogens is 2.